The maximum atomic E-state index is 7.82. The van der Waals surface area contributed by atoms with Gasteiger partial charge in [-0.15, -0.1) is 0 Å². The molecule has 0 aromatic heterocycles. The van der Waals surface area contributed by atoms with E-state index >= 15 is 0 Å². The lowest BCUT2D eigenvalue weighted by Gasteiger charge is -2.25. The molecule has 0 bridgehead atoms. The average molecular weight is 216 g/mol. The highest BCUT2D eigenvalue weighted by atomic mass is 15.1. The predicted octanol–water partition coefficient (Wildman–Crippen LogP) is 3.45. The fourth-order valence-electron chi connectivity index (χ4n) is 2.38. The van der Waals surface area contributed by atoms with Gasteiger partial charge in [0.1, 0.15) is 0 Å². The summed E-state index contributed by atoms with van der Waals surface area (Å²) in [7, 11) is 0. The number of rotatable bonds is 2. The summed E-state index contributed by atoms with van der Waals surface area (Å²) in [6, 6.07) is 8.31. The van der Waals surface area contributed by atoms with E-state index in [1.54, 1.807) is 0 Å². The molecule has 0 atom stereocenters. The number of para-hydroxylation sites is 1. The molecule has 0 amide bonds. The van der Waals surface area contributed by atoms with Crippen LogP contribution in [0.3, 0.4) is 0 Å². The molecule has 1 saturated heterocycles. The van der Waals surface area contributed by atoms with Gasteiger partial charge < -0.3 is 10.3 Å². The fourth-order valence-corrected chi connectivity index (χ4v) is 2.38. The van der Waals surface area contributed by atoms with Gasteiger partial charge in [-0.2, -0.15) is 0 Å². The van der Waals surface area contributed by atoms with Gasteiger partial charge in [0, 0.05) is 30.1 Å². The minimum Gasteiger partial charge on any atom is -0.371 e. The van der Waals surface area contributed by atoms with E-state index in [1.165, 1.54) is 31.4 Å². The number of nitrogens with zero attached hydrogens (tertiary/aromatic N) is 1. The van der Waals surface area contributed by atoms with Crippen molar-refractivity contribution in [1.82, 2.24) is 0 Å². The summed E-state index contributed by atoms with van der Waals surface area (Å²) in [4.78, 5) is 2.44. The molecule has 1 heterocycles. The summed E-state index contributed by atoms with van der Waals surface area (Å²) in [5, 5.41) is 7.82. The highest BCUT2D eigenvalue weighted by Gasteiger charge is 2.13. The van der Waals surface area contributed by atoms with Gasteiger partial charge >= 0.3 is 0 Å². The summed E-state index contributed by atoms with van der Waals surface area (Å²) in [6.45, 7) is 4.16. The van der Waals surface area contributed by atoms with Crippen LogP contribution in [0.5, 0.6) is 0 Å². The molecule has 1 fully saturated rings. The number of hydrogen-bond acceptors (Lipinski definition) is 2. The van der Waals surface area contributed by atoms with Crippen LogP contribution in [0.25, 0.3) is 0 Å². The van der Waals surface area contributed by atoms with Crippen LogP contribution >= 0.6 is 0 Å². The molecule has 0 unspecified atom stereocenters. The molecule has 2 heteroatoms. The third-order valence-corrected chi connectivity index (χ3v) is 3.25. The molecular formula is C14H20N2. The van der Waals surface area contributed by atoms with E-state index in [-0.39, 0.29) is 0 Å². The number of hydrogen-bond donors (Lipinski definition) is 1. The third-order valence-electron chi connectivity index (χ3n) is 3.25. The summed E-state index contributed by atoms with van der Waals surface area (Å²) in [5.74, 6) is 0. The van der Waals surface area contributed by atoms with Gasteiger partial charge in [-0.1, -0.05) is 31.0 Å². The van der Waals surface area contributed by atoms with E-state index in [4.69, 9.17) is 5.41 Å². The molecule has 0 saturated carbocycles. The normalized spacial score (nSPS) is 16.9. The molecule has 2 rings (SSSR count). The van der Waals surface area contributed by atoms with E-state index in [1.807, 2.05) is 13.0 Å². The zero-order valence-electron chi connectivity index (χ0n) is 10.00. The van der Waals surface area contributed by atoms with Crippen molar-refractivity contribution in [2.24, 2.45) is 0 Å². The van der Waals surface area contributed by atoms with Crippen LogP contribution in [0.1, 0.15) is 38.2 Å². The topological polar surface area (TPSA) is 27.1 Å². The Bertz CT molecular complexity index is 363. The van der Waals surface area contributed by atoms with E-state index in [0.717, 1.165) is 18.7 Å². The van der Waals surface area contributed by atoms with Gasteiger partial charge in [0.25, 0.3) is 0 Å². The molecule has 86 valence electrons. The van der Waals surface area contributed by atoms with Gasteiger partial charge in [-0.05, 0) is 25.8 Å². The third kappa shape index (κ3) is 2.43. The van der Waals surface area contributed by atoms with Crippen LogP contribution in [-0.2, 0) is 0 Å². The smallest absolute Gasteiger partial charge is 0.0457 e. The number of anilines is 1. The Hall–Kier alpha value is -1.31. The van der Waals surface area contributed by atoms with Crippen LogP contribution in [-0.4, -0.2) is 18.8 Å². The van der Waals surface area contributed by atoms with E-state index in [0.29, 0.717) is 5.71 Å². The molecular weight excluding hydrogens is 196 g/mol. The van der Waals surface area contributed by atoms with Crippen LogP contribution in [0, 0.1) is 5.41 Å². The van der Waals surface area contributed by atoms with E-state index in [9.17, 15) is 0 Å². The highest BCUT2D eigenvalue weighted by molar-refractivity contribution is 6.01. The Morgan fingerprint density at radius 2 is 1.69 bits per heavy atom. The first kappa shape index (κ1) is 11.2. The zero-order chi connectivity index (χ0) is 11.4. The monoisotopic (exact) mass is 216 g/mol. The quantitative estimate of drug-likeness (QED) is 0.753. The standard InChI is InChI=1S/C14H20N2/c1-12(15)13-8-4-5-9-14(13)16-10-6-2-3-7-11-16/h4-5,8-9,15H,2-3,6-7,10-11H2,1H3. The Morgan fingerprint density at radius 1 is 1.06 bits per heavy atom. The molecule has 16 heavy (non-hydrogen) atoms. The molecule has 2 nitrogen and oxygen atoms in total. The van der Waals surface area contributed by atoms with Gasteiger partial charge in [-0.3, -0.25) is 0 Å². The van der Waals surface area contributed by atoms with Gasteiger partial charge in [0.2, 0.25) is 0 Å². The van der Waals surface area contributed by atoms with Crippen molar-refractivity contribution in [3.63, 3.8) is 0 Å². The van der Waals surface area contributed by atoms with Crippen molar-refractivity contribution in [2.45, 2.75) is 32.6 Å². The van der Waals surface area contributed by atoms with Crippen molar-refractivity contribution in [3.8, 4) is 0 Å². The first-order valence-corrected chi connectivity index (χ1v) is 6.18. The van der Waals surface area contributed by atoms with Gasteiger partial charge in [0.15, 0.2) is 0 Å². The second-order valence-corrected chi connectivity index (χ2v) is 4.54. The van der Waals surface area contributed by atoms with Crippen LogP contribution < -0.4 is 4.90 Å². The molecule has 1 aromatic rings. The summed E-state index contributed by atoms with van der Waals surface area (Å²) >= 11 is 0. The van der Waals surface area contributed by atoms with Crippen molar-refractivity contribution in [2.75, 3.05) is 18.0 Å². The molecule has 1 aliphatic rings. The summed E-state index contributed by atoms with van der Waals surface area (Å²) in [6.07, 6.45) is 5.27. The number of benzene rings is 1. The minimum absolute atomic E-state index is 0.667. The maximum absolute atomic E-state index is 7.82. The lowest BCUT2D eigenvalue weighted by molar-refractivity contribution is 0.726. The van der Waals surface area contributed by atoms with Crippen LogP contribution in [0.4, 0.5) is 5.69 Å². The maximum Gasteiger partial charge on any atom is 0.0457 e. The first-order chi connectivity index (χ1) is 7.79. The van der Waals surface area contributed by atoms with E-state index in [2.05, 4.69) is 23.1 Å². The van der Waals surface area contributed by atoms with E-state index < -0.39 is 0 Å². The highest BCUT2D eigenvalue weighted by Crippen LogP contribution is 2.23. The lowest BCUT2D eigenvalue weighted by atomic mass is 10.1. The largest absolute Gasteiger partial charge is 0.371 e. The predicted molar refractivity (Wildman–Crippen MR) is 69.6 cm³/mol. The van der Waals surface area contributed by atoms with Gasteiger partial charge in [-0.25, -0.2) is 0 Å². The van der Waals surface area contributed by atoms with Crippen molar-refractivity contribution in [1.29, 1.82) is 5.41 Å². The Kier molecular flexibility index (Phi) is 3.60. The Balaban J connectivity index is 2.27. The molecule has 1 aromatic carbocycles. The van der Waals surface area contributed by atoms with Crippen molar-refractivity contribution < 1.29 is 0 Å². The summed E-state index contributed by atoms with van der Waals surface area (Å²) in [5.41, 5.74) is 3.00. The summed E-state index contributed by atoms with van der Waals surface area (Å²) < 4.78 is 0. The first-order valence-electron chi connectivity index (χ1n) is 6.18. The molecule has 0 aliphatic carbocycles. The molecule has 1 aliphatic heterocycles. The second kappa shape index (κ2) is 5.15. The fraction of sp³-hybridized carbons (Fsp3) is 0.500. The Labute approximate surface area is 97.8 Å². The SMILES string of the molecule is CC(=N)c1ccccc1N1CCCCCC1. The zero-order valence-corrected chi connectivity index (χ0v) is 10.00. The second-order valence-electron chi connectivity index (χ2n) is 4.54. The van der Waals surface area contributed by atoms with Crippen molar-refractivity contribution >= 4 is 11.4 Å². The van der Waals surface area contributed by atoms with Crippen molar-refractivity contribution in [3.05, 3.63) is 29.8 Å². The lowest BCUT2D eigenvalue weighted by Crippen LogP contribution is -2.25. The number of nitrogens with one attached hydrogen (secondary N) is 1. The molecule has 1 N–H and O–H groups in total. The molecule has 0 spiro atoms. The van der Waals surface area contributed by atoms with Crippen LogP contribution in [0.2, 0.25) is 0 Å². The Morgan fingerprint density at radius 3 is 2.31 bits per heavy atom. The van der Waals surface area contributed by atoms with Crippen LogP contribution in [0.15, 0.2) is 24.3 Å². The minimum atomic E-state index is 0.667. The van der Waals surface area contributed by atoms with Gasteiger partial charge in [0.05, 0.1) is 0 Å². The molecule has 0 radical (unpaired) electrons. The average Bonchev–Trinajstić information content (AvgIpc) is 2.57.